The summed E-state index contributed by atoms with van der Waals surface area (Å²) in [6.07, 6.45) is 1.80. The van der Waals surface area contributed by atoms with Crippen molar-refractivity contribution in [2.24, 2.45) is 4.99 Å². The number of aryl methyl sites for hydroxylation is 1. The lowest BCUT2D eigenvalue weighted by atomic mass is 10.2. The average Bonchev–Trinajstić information content (AvgIpc) is 2.92. The minimum atomic E-state index is -0.303. The summed E-state index contributed by atoms with van der Waals surface area (Å²) in [5.41, 5.74) is 2.04. The summed E-state index contributed by atoms with van der Waals surface area (Å²) in [6, 6.07) is 15.6. The second kappa shape index (κ2) is 7.27. The van der Waals surface area contributed by atoms with E-state index in [1.165, 1.54) is 11.3 Å². The van der Waals surface area contributed by atoms with Crippen LogP contribution in [0.25, 0.3) is 10.2 Å². The van der Waals surface area contributed by atoms with E-state index in [9.17, 15) is 4.79 Å². The van der Waals surface area contributed by atoms with Crippen molar-refractivity contribution in [2.75, 3.05) is 6.61 Å². The molecule has 5 heteroatoms. The molecule has 0 aliphatic carbocycles. The molecule has 0 aliphatic rings. The molecule has 1 heterocycles. The third-order valence-electron chi connectivity index (χ3n) is 3.56. The van der Waals surface area contributed by atoms with Crippen molar-refractivity contribution in [3.8, 4) is 5.75 Å². The maximum atomic E-state index is 12.2. The first kappa shape index (κ1) is 16.2. The molecule has 3 aromatic rings. The van der Waals surface area contributed by atoms with Gasteiger partial charge in [0.2, 0.25) is 0 Å². The van der Waals surface area contributed by atoms with Crippen molar-refractivity contribution in [3.05, 3.63) is 71.6 Å². The molecule has 0 radical (unpaired) electrons. The van der Waals surface area contributed by atoms with Crippen molar-refractivity contribution in [2.45, 2.75) is 13.5 Å². The number of allylic oxidation sites excluding steroid dienone is 1. The van der Waals surface area contributed by atoms with Crippen LogP contribution in [-0.2, 0) is 11.3 Å². The predicted octanol–water partition coefficient (Wildman–Crippen LogP) is 3.70. The van der Waals surface area contributed by atoms with E-state index in [2.05, 4.69) is 11.6 Å². The van der Waals surface area contributed by atoms with Crippen LogP contribution in [-0.4, -0.2) is 17.1 Å². The number of nitrogens with zero attached hydrogens (tertiary/aromatic N) is 2. The normalized spacial score (nSPS) is 11.6. The molecule has 0 N–H and O–H groups in total. The summed E-state index contributed by atoms with van der Waals surface area (Å²) in [5.74, 6) is 0.402. The van der Waals surface area contributed by atoms with Crippen LogP contribution >= 0.6 is 11.3 Å². The minimum absolute atomic E-state index is 0.0762. The number of aromatic nitrogens is 1. The molecule has 122 valence electrons. The van der Waals surface area contributed by atoms with Gasteiger partial charge in [-0.15, -0.1) is 6.58 Å². The van der Waals surface area contributed by atoms with Gasteiger partial charge in [-0.2, -0.15) is 4.99 Å². The smallest absolute Gasteiger partial charge is 0.286 e. The van der Waals surface area contributed by atoms with Crippen LogP contribution in [0.15, 0.2) is 66.2 Å². The average molecular weight is 338 g/mol. The van der Waals surface area contributed by atoms with Gasteiger partial charge in [-0.25, -0.2) is 0 Å². The Morgan fingerprint density at radius 1 is 1.25 bits per heavy atom. The number of carbonyl (C=O) groups excluding carboxylic acids is 1. The zero-order chi connectivity index (χ0) is 16.9. The van der Waals surface area contributed by atoms with E-state index in [4.69, 9.17) is 4.74 Å². The van der Waals surface area contributed by atoms with E-state index in [1.807, 2.05) is 60.0 Å². The monoisotopic (exact) mass is 338 g/mol. The zero-order valence-corrected chi connectivity index (χ0v) is 14.3. The van der Waals surface area contributed by atoms with Crippen LogP contribution in [0.3, 0.4) is 0 Å². The Labute approximate surface area is 144 Å². The third-order valence-corrected chi connectivity index (χ3v) is 4.62. The van der Waals surface area contributed by atoms with Crippen LogP contribution in [0.2, 0.25) is 0 Å². The first-order valence-electron chi connectivity index (χ1n) is 7.64. The Morgan fingerprint density at radius 3 is 2.79 bits per heavy atom. The van der Waals surface area contributed by atoms with E-state index in [-0.39, 0.29) is 12.5 Å². The first-order valence-corrected chi connectivity index (χ1v) is 8.46. The van der Waals surface area contributed by atoms with Crippen LogP contribution in [0.1, 0.15) is 5.56 Å². The van der Waals surface area contributed by atoms with E-state index < -0.39 is 0 Å². The third kappa shape index (κ3) is 3.46. The van der Waals surface area contributed by atoms with Crippen molar-refractivity contribution in [3.63, 3.8) is 0 Å². The topological polar surface area (TPSA) is 43.6 Å². The van der Waals surface area contributed by atoms with Crippen molar-refractivity contribution in [1.82, 2.24) is 4.57 Å². The van der Waals surface area contributed by atoms with Gasteiger partial charge < -0.3 is 9.30 Å². The fourth-order valence-electron chi connectivity index (χ4n) is 2.41. The molecule has 3 rings (SSSR count). The number of hydrogen-bond acceptors (Lipinski definition) is 3. The number of thiazole rings is 1. The Balaban J connectivity index is 1.86. The Kier molecular flexibility index (Phi) is 4.91. The highest BCUT2D eigenvalue weighted by atomic mass is 32.1. The lowest BCUT2D eigenvalue weighted by Gasteiger charge is -2.06. The van der Waals surface area contributed by atoms with E-state index in [0.717, 1.165) is 15.8 Å². The number of rotatable bonds is 5. The van der Waals surface area contributed by atoms with Crippen molar-refractivity contribution >= 4 is 27.5 Å². The first-order chi connectivity index (χ1) is 11.7. The summed E-state index contributed by atoms with van der Waals surface area (Å²) in [4.78, 5) is 17.1. The number of hydrogen-bond donors (Lipinski definition) is 0. The molecule has 0 fully saturated rings. The van der Waals surface area contributed by atoms with E-state index >= 15 is 0 Å². The fourth-order valence-corrected chi connectivity index (χ4v) is 3.47. The van der Waals surface area contributed by atoms with Gasteiger partial charge in [0.25, 0.3) is 5.91 Å². The molecule has 1 aromatic heterocycles. The minimum Gasteiger partial charge on any atom is -0.483 e. The van der Waals surface area contributed by atoms with E-state index in [0.29, 0.717) is 17.1 Å². The Hall–Kier alpha value is -2.66. The second-order valence-corrected chi connectivity index (χ2v) is 6.32. The molecule has 1 amide bonds. The van der Waals surface area contributed by atoms with Crippen LogP contribution < -0.4 is 9.54 Å². The number of ether oxygens (including phenoxy) is 1. The number of fused-ring (bicyclic) bond motifs is 1. The quantitative estimate of drug-likeness (QED) is 0.666. The van der Waals surface area contributed by atoms with Gasteiger partial charge in [0, 0.05) is 6.54 Å². The SMILES string of the molecule is C=CCn1c(=NC(=O)COc2ccccc2C)sc2ccccc21. The molecule has 0 atom stereocenters. The van der Waals surface area contributed by atoms with Gasteiger partial charge in [-0.1, -0.05) is 47.7 Å². The molecule has 0 saturated carbocycles. The van der Waals surface area contributed by atoms with Gasteiger partial charge in [0.05, 0.1) is 10.2 Å². The Morgan fingerprint density at radius 2 is 2.00 bits per heavy atom. The fraction of sp³-hybridized carbons (Fsp3) is 0.158. The maximum Gasteiger partial charge on any atom is 0.286 e. The lowest BCUT2D eigenvalue weighted by molar-refractivity contribution is -0.120. The molecule has 0 spiro atoms. The number of amides is 1. The summed E-state index contributed by atoms with van der Waals surface area (Å²) >= 11 is 1.49. The summed E-state index contributed by atoms with van der Waals surface area (Å²) in [5, 5.41) is 0. The molecule has 0 unspecified atom stereocenters. The van der Waals surface area contributed by atoms with Gasteiger partial charge in [-0.3, -0.25) is 4.79 Å². The summed E-state index contributed by atoms with van der Waals surface area (Å²) in [7, 11) is 0. The molecule has 0 bridgehead atoms. The highest BCUT2D eigenvalue weighted by molar-refractivity contribution is 7.16. The predicted molar refractivity (Wildman–Crippen MR) is 97.3 cm³/mol. The molecule has 2 aromatic carbocycles. The summed E-state index contributed by atoms with van der Waals surface area (Å²) < 4.78 is 8.65. The van der Waals surface area contributed by atoms with Gasteiger partial charge >= 0.3 is 0 Å². The summed E-state index contributed by atoms with van der Waals surface area (Å²) in [6.45, 7) is 6.26. The number of carbonyl (C=O) groups is 1. The highest BCUT2D eigenvalue weighted by Gasteiger charge is 2.07. The number of benzene rings is 2. The Bertz CT molecular complexity index is 953. The van der Waals surface area contributed by atoms with Gasteiger partial charge in [-0.05, 0) is 30.7 Å². The zero-order valence-electron chi connectivity index (χ0n) is 13.4. The van der Waals surface area contributed by atoms with E-state index in [1.54, 1.807) is 6.08 Å². The van der Waals surface area contributed by atoms with Crippen LogP contribution in [0.5, 0.6) is 5.75 Å². The molecular weight excluding hydrogens is 320 g/mol. The van der Waals surface area contributed by atoms with Crippen molar-refractivity contribution in [1.29, 1.82) is 0 Å². The highest BCUT2D eigenvalue weighted by Crippen LogP contribution is 2.17. The molecular formula is C19H18N2O2S. The molecule has 24 heavy (non-hydrogen) atoms. The second-order valence-electron chi connectivity index (χ2n) is 5.31. The van der Waals surface area contributed by atoms with Crippen LogP contribution in [0, 0.1) is 6.92 Å². The van der Waals surface area contributed by atoms with Crippen molar-refractivity contribution < 1.29 is 9.53 Å². The van der Waals surface area contributed by atoms with Gasteiger partial charge in [0.15, 0.2) is 11.4 Å². The largest absolute Gasteiger partial charge is 0.483 e. The molecule has 4 nitrogen and oxygen atoms in total. The standard InChI is InChI=1S/C19H18N2O2S/c1-3-12-21-15-9-5-7-11-17(15)24-19(21)20-18(22)13-23-16-10-6-4-8-14(16)2/h3-11H,1,12-13H2,2H3. The molecule has 0 aliphatic heterocycles. The van der Waals surface area contributed by atoms with Crippen LogP contribution in [0.4, 0.5) is 0 Å². The molecule has 0 saturated heterocycles. The van der Waals surface area contributed by atoms with Gasteiger partial charge in [0.1, 0.15) is 5.75 Å². The maximum absolute atomic E-state index is 12.2. The lowest BCUT2D eigenvalue weighted by Crippen LogP contribution is -2.19. The number of para-hydroxylation sites is 2.